The quantitative estimate of drug-likeness (QED) is 0.397. The van der Waals surface area contributed by atoms with Gasteiger partial charge < -0.3 is 5.73 Å². The molecule has 0 radical (unpaired) electrons. The van der Waals surface area contributed by atoms with E-state index in [1.807, 2.05) is 12.3 Å². The van der Waals surface area contributed by atoms with E-state index >= 15 is 0 Å². The number of fused-ring (bicyclic) bond motifs is 1. The van der Waals surface area contributed by atoms with Gasteiger partial charge in [0.2, 0.25) is 0 Å². The van der Waals surface area contributed by atoms with Crippen LogP contribution in [0.4, 0.5) is 5.00 Å². The number of hydrogen-bond donors (Lipinski definition) is 1. The summed E-state index contributed by atoms with van der Waals surface area (Å²) in [6.07, 6.45) is 10.8. The van der Waals surface area contributed by atoms with Crippen molar-refractivity contribution < 1.29 is 0 Å². The van der Waals surface area contributed by atoms with Crippen LogP contribution in [0.1, 0.15) is 82.2 Å². The molecule has 0 fully saturated rings. The second-order valence-corrected chi connectivity index (χ2v) is 9.57. The Hall–Kier alpha value is -2.45. The molecule has 0 aromatic carbocycles. The minimum atomic E-state index is -0.241. The maximum atomic E-state index is 9.75. The Morgan fingerprint density at radius 2 is 2.20 bits per heavy atom. The lowest BCUT2D eigenvalue weighted by atomic mass is 9.68. The first kappa shape index (κ1) is 22.2. The highest BCUT2D eigenvalue weighted by Crippen LogP contribution is 2.48. The van der Waals surface area contributed by atoms with Crippen LogP contribution in [0.5, 0.6) is 0 Å². The third-order valence-electron chi connectivity index (χ3n) is 6.27. The van der Waals surface area contributed by atoms with Gasteiger partial charge >= 0.3 is 0 Å². The van der Waals surface area contributed by atoms with Crippen molar-refractivity contribution in [2.75, 3.05) is 5.73 Å². The van der Waals surface area contributed by atoms with Gasteiger partial charge in [0.15, 0.2) is 0 Å². The van der Waals surface area contributed by atoms with Gasteiger partial charge in [0.1, 0.15) is 11.1 Å². The lowest BCUT2D eigenvalue weighted by Crippen LogP contribution is -2.35. The molecule has 2 aliphatic rings. The molecule has 3 rings (SSSR count). The first-order valence-electron chi connectivity index (χ1n) is 10.9. The third-order valence-corrected chi connectivity index (χ3v) is 7.34. The lowest BCUT2D eigenvalue weighted by molar-refractivity contribution is 0.511. The molecular formula is C25H32N4S. The molecule has 4 nitrogen and oxygen atoms in total. The molecule has 0 amide bonds. The van der Waals surface area contributed by atoms with E-state index in [0.29, 0.717) is 10.6 Å². The summed E-state index contributed by atoms with van der Waals surface area (Å²) < 4.78 is 0. The normalized spacial score (nSPS) is 21.7. The molecular weight excluding hydrogens is 388 g/mol. The zero-order chi connectivity index (χ0) is 21.9. The average molecular weight is 421 g/mol. The van der Waals surface area contributed by atoms with E-state index in [1.165, 1.54) is 10.5 Å². The molecule has 5 heteroatoms. The number of thiophene rings is 1. The highest BCUT2D eigenvalue weighted by atomic mass is 32.1. The van der Waals surface area contributed by atoms with Crippen molar-refractivity contribution in [2.45, 2.75) is 78.1 Å². The van der Waals surface area contributed by atoms with Gasteiger partial charge in [0.25, 0.3) is 0 Å². The standard InChI is InChI=1S/C25H32N4S/c1-6-9-17(4)28-13-11-16(3)23-18(7-2)14-21(29-23)25(5)12-8-10-20-22(25)19(15-26)24(27)30-20/h11,13H,3,6-10,12,14,27H2,1-2,4-5H3/b13-11-,28-17?/t25-/m1/s1. The third kappa shape index (κ3) is 4.06. The van der Waals surface area contributed by atoms with Crippen molar-refractivity contribution in [1.82, 2.24) is 0 Å². The molecule has 30 heavy (non-hydrogen) atoms. The van der Waals surface area contributed by atoms with Gasteiger partial charge in [-0.2, -0.15) is 5.26 Å². The molecule has 2 N–H and O–H groups in total. The minimum Gasteiger partial charge on any atom is -0.389 e. The summed E-state index contributed by atoms with van der Waals surface area (Å²) >= 11 is 1.58. The second-order valence-electron chi connectivity index (χ2n) is 8.43. The van der Waals surface area contributed by atoms with Gasteiger partial charge in [-0.05, 0) is 61.8 Å². The zero-order valence-corrected chi connectivity index (χ0v) is 19.5. The molecule has 1 aliphatic heterocycles. The molecule has 1 atom stereocenters. The summed E-state index contributed by atoms with van der Waals surface area (Å²) in [5.74, 6) is 0. The number of allylic oxidation sites excluding steroid dienone is 2. The molecule has 0 unspecified atom stereocenters. The van der Waals surface area contributed by atoms with E-state index < -0.39 is 0 Å². The van der Waals surface area contributed by atoms with Gasteiger partial charge in [0, 0.05) is 34.3 Å². The SMILES string of the molecule is C=C(/C=C\N=C(C)CCC)C1=C(CC)CC([C@@]2(C)CCCc3sc(N)c(C#N)c32)=N1. The Kier molecular flexibility index (Phi) is 6.77. The predicted molar refractivity (Wildman–Crippen MR) is 129 cm³/mol. The number of nitrogens with zero attached hydrogens (tertiary/aromatic N) is 3. The predicted octanol–water partition coefficient (Wildman–Crippen LogP) is 6.64. The van der Waals surface area contributed by atoms with Gasteiger partial charge in [0.05, 0.1) is 11.3 Å². The lowest BCUT2D eigenvalue weighted by Gasteiger charge is -2.35. The van der Waals surface area contributed by atoms with E-state index in [4.69, 9.17) is 10.7 Å². The van der Waals surface area contributed by atoms with Crippen molar-refractivity contribution in [2.24, 2.45) is 9.98 Å². The Balaban J connectivity index is 1.94. The first-order valence-corrected chi connectivity index (χ1v) is 11.7. The van der Waals surface area contributed by atoms with Crippen LogP contribution >= 0.6 is 11.3 Å². The van der Waals surface area contributed by atoms with Crippen molar-refractivity contribution in [3.63, 3.8) is 0 Å². The van der Waals surface area contributed by atoms with Gasteiger partial charge in [-0.1, -0.05) is 33.8 Å². The smallest absolute Gasteiger partial charge is 0.104 e. The molecule has 0 spiro atoms. The van der Waals surface area contributed by atoms with Crippen LogP contribution in [0, 0.1) is 11.3 Å². The summed E-state index contributed by atoms with van der Waals surface area (Å²) in [5.41, 5.74) is 13.2. The second kappa shape index (κ2) is 9.14. The van der Waals surface area contributed by atoms with Gasteiger partial charge in [-0.3, -0.25) is 9.98 Å². The molecule has 1 aliphatic carbocycles. The number of rotatable bonds is 7. The Morgan fingerprint density at radius 1 is 1.43 bits per heavy atom. The molecule has 2 heterocycles. The van der Waals surface area contributed by atoms with Crippen LogP contribution < -0.4 is 5.73 Å². The molecule has 0 saturated heterocycles. The van der Waals surface area contributed by atoms with Gasteiger partial charge in [-0.25, -0.2) is 0 Å². The largest absolute Gasteiger partial charge is 0.389 e. The van der Waals surface area contributed by atoms with Crippen LogP contribution in [0.3, 0.4) is 0 Å². The van der Waals surface area contributed by atoms with E-state index in [9.17, 15) is 5.26 Å². The van der Waals surface area contributed by atoms with E-state index in [1.54, 1.807) is 11.3 Å². The maximum Gasteiger partial charge on any atom is 0.104 e. The zero-order valence-electron chi connectivity index (χ0n) is 18.6. The topological polar surface area (TPSA) is 74.5 Å². The maximum absolute atomic E-state index is 9.75. The molecule has 1 aromatic rings. The number of hydrogen-bond acceptors (Lipinski definition) is 5. The summed E-state index contributed by atoms with van der Waals surface area (Å²) in [4.78, 5) is 10.9. The molecule has 0 bridgehead atoms. The van der Waals surface area contributed by atoms with Crippen molar-refractivity contribution in [1.29, 1.82) is 5.26 Å². The number of anilines is 1. The summed E-state index contributed by atoms with van der Waals surface area (Å²) in [7, 11) is 0. The van der Waals surface area contributed by atoms with Crippen LogP contribution in [-0.2, 0) is 11.8 Å². The van der Waals surface area contributed by atoms with E-state index in [-0.39, 0.29) is 5.41 Å². The minimum absolute atomic E-state index is 0.241. The molecule has 158 valence electrons. The summed E-state index contributed by atoms with van der Waals surface area (Å²) in [6, 6.07) is 2.36. The Morgan fingerprint density at radius 3 is 2.87 bits per heavy atom. The molecule has 1 aromatic heterocycles. The van der Waals surface area contributed by atoms with Crippen LogP contribution in [-0.4, -0.2) is 11.4 Å². The Bertz CT molecular complexity index is 1010. The van der Waals surface area contributed by atoms with Gasteiger partial charge in [-0.15, -0.1) is 11.3 Å². The number of aryl methyl sites for hydroxylation is 1. The Labute approximate surface area is 184 Å². The number of aliphatic imine (C=N–C) groups is 2. The number of nitrogens with two attached hydrogens (primary N) is 1. The van der Waals surface area contributed by atoms with Crippen LogP contribution in [0.25, 0.3) is 0 Å². The fraction of sp³-hybridized carbons (Fsp3) is 0.480. The number of nitriles is 1. The van der Waals surface area contributed by atoms with Crippen molar-refractivity contribution >= 4 is 27.8 Å². The van der Waals surface area contributed by atoms with Crippen molar-refractivity contribution in [3.8, 4) is 6.07 Å². The summed E-state index contributed by atoms with van der Waals surface area (Å²) in [5, 5.41) is 10.4. The summed E-state index contributed by atoms with van der Waals surface area (Å²) in [6.45, 7) is 12.9. The molecule has 0 saturated carbocycles. The fourth-order valence-corrected chi connectivity index (χ4v) is 5.78. The van der Waals surface area contributed by atoms with E-state index in [2.05, 4.69) is 45.3 Å². The van der Waals surface area contributed by atoms with E-state index in [0.717, 1.165) is 73.2 Å². The van der Waals surface area contributed by atoms with Crippen LogP contribution in [0.15, 0.2) is 45.7 Å². The fourth-order valence-electron chi connectivity index (χ4n) is 4.59. The average Bonchev–Trinajstić information content (AvgIpc) is 3.29. The monoisotopic (exact) mass is 420 g/mol. The van der Waals surface area contributed by atoms with Crippen LogP contribution in [0.2, 0.25) is 0 Å². The highest BCUT2D eigenvalue weighted by molar-refractivity contribution is 7.16. The highest BCUT2D eigenvalue weighted by Gasteiger charge is 2.42. The van der Waals surface area contributed by atoms with Crippen molar-refractivity contribution in [3.05, 3.63) is 51.7 Å². The first-order chi connectivity index (χ1) is 14.3. The number of nitrogen functional groups attached to an aromatic ring is 1.